The molecule has 0 saturated heterocycles. The number of carbonyl (C=O) groups excluding carboxylic acids is 1. The van der Waals surface area contributed by atoms with E-state index in [2.05, 4.69) is 16.8 Å². The van der Waals surface area contributed by atoms with Crippen molar-refractivity contribution in [3.8, 4) is 5.75 Å². The number of amides is 1. The number of allylic oxidation sites excluding steroid dienone is 1. The molecule has 2 rings (SSSR count). The highest BCUT2D eigenvalue weighted by atomic mass is 32.2. The van der Waals surface area contributed by atoms with Crippen molar-refractivity contribution in [1.29, 1.82) is 0 Å². The van der Waals surface area contributed by atoms with Crippen LogP contribution in [-0.2, 0) is 17.9 Å². The van der Waals surface area contributed by atoms with Crippen LogP contribution in [0.1, 0.15) is 12.7 Å². The molecule has 0 radical (unpaired) electrons. The van der Waals surface area contributed by atoms with Crippen LogP contribution in [0.5, 0.6) is 5.75 Å². The monoisotopic (exact) mass is 418 g/mol. The maximum absolute atomic E-state index is 13.7. The lowest BCUT2D eigenvalue weighted by Gasteiger charge is -2.14. The van der Waals surface area contributed by atoms with Gasteiger partial charge in [0.25, 0.3) is 0 Å². The van der Waals surface area contributed by atoms with Crippen molar-refractivity contribution in [2.45, 2.75) is 36.7 Å². The maximum atomic E-state index is 13.7. The molecule has 0 aliphatic rings. The first-order valence-electron chi connectivity index (χ1n) is 8.12. The third kappa shape index (κ3) is 6.25. The molecule has 11 heteroatoms. The molecule has 1 aromatic heterocycles. The summed E-state index contributed by atoms with van der Waals surface area (Å²) in [6.45, 7) is 3.88. The molecular formula is C17H18F4N4O2S. The van der Waals surface area contributed by atoms with Gasteiger partial charge in [0, 0.05) is 6.54 Å². The molecule has 152 valence electrons. The molecule has 2 aromatic rings. The van der Waals surface area contributed by atoms with Crippen LogP contribution in [0.4, 0.5) is 17.6 Å². The summed E-state index contributed by atoms with van der Waals surface area (Å²) in [4.78, 5) is 11.8. The summed E-state index contributed by atoms with van der Waals surface area (Å²) in [5.41, 5.74) is 0. The topological polar surface area (TPSA) is 69.0 Å². The highest BCUT2D eigenvalue weighted by molar-refractivity contribution is 8.00. The molecule has 1 atom stereocenters. The van der Waals surface area contributed by atoms with E-state index >= 15 is 0 Å². The summed E-state index contributed by atoms with van der Waals surface area (Å²) >= 11 is 0.947. The van der Waals surface area contributed by atoms with Crippen LogP contribution in [0, 0.1) is 5.82 Å². The van der Waals surface area contributed by atoms with Gasteiger partial charge in [0.2, 0.25) is 5.91 Å². The quantitative estimate of drug-likeness (QED) is 0.384. The second-order valence-electron chi connectivity index (χ2n) is 5.61. The van der Waals surface area contributed by atoms with E-state index in [0.717, 1.165) is 11.8 Å². The Morgan fingerprint density at radius 3 is 2.75 bits per heavy atom. The Kier molecular flexibility index (Phi) is 7.44. The lowest BCUT2D eigenvalue weighted by Crippen LogP contribution is -2.38. The lowest BCUT2D eigenvalue weighted by atomic mass is 10.3. The van der Waals surface area contributed by atoms with Crippen molar-refractivity contribution in [1.82, 2.24) is 20.1 Å². The number of rotatable bonds is 9. The van der Waals surface area contributed by atoms with Crippen LogP contribution >= 0.6 is 11.8 Å². The zero-order chi connectivity index (χ0) is 20.7. The van der Waals surface area contributed by atoms with Crippen LogP contribution < -0.4 is 10.1 Å². The number of nitrogens with one attached hydrogen (secondary N) is 1. The standard InChI is InChI=1S/C17H18F4N4O2S/c1-3-8-25-14(9-27-13-7-5-4-6-12(13)18)23-24-16(25)28-11(2)15(26)22-10-17(19,20)21/h3-7,11H,1,8-10H2,2H3,(H,22,26). The number of thioether (sulfide) groups is 1. The highest BCUT2D eigenvalue weighted by Gasteiger charge is 2.29. The fourth-order valence-corrected chi connectivity index (χ4v) is 2.97. The minimum atomic E-state index is -4.49. The van der Waals surface area contributed by atoms with E-state index in [1.165, 1.54) is 25.1 Å². The maximum Gasteiger partial charge on any atom is 0.405 e. The van der Waals surface area contributed by atoms with Gasteiger partial charge in [-0.05, 0) is 19.1 Å². The van der Waals surface area contributed by atoms with Crippen LogP contribution in [0.25, 0.3) is 0 Å². The number of carbonyl (C=O) groups is 1. The number of aromatic nitrogens is 3. The van der Waals surface area contributed by atoms with E-state index in [9.17, 15) is 22.4 Å². The summed E-state index contributed by atoms with van der Waals surface area (Å²) in [5.74, 6) is -0.903. The predicted molar refractivity (Wildman–Crippen MR) is 95.3 cm³/mol. The average molecular weight is 418 g/mol. The number of ether oxygens (including phenoxy) is 1. The van der Waals surface area contributed by atoms with Gasteiger partial charge in [-0.25, -0.2) is 4.39 Å². The van der Waals surface area contributed by atoms with Crippen molar-refractivity contribution >= 4 is 17.7 Å². The minimum Gasteiger partial charge on any atom is -0.483 e. The summed E-state index contributed by atoms with van der Waals surface area (Å²) in [6, 6.07) is 5.87. The molecule has 28 heavy (non-hydrogen) atoms. The summed E-state index contributed by atoms with van der Waals surface area (Å²) < 4.78 is 57.3. The van der Waals surface area contributed by atoms with Gasteiger partial charge < -0.3 is 10.1 Å². The second-order valence-corrected chi connectivity index (χ2v) is 6.92. The summed E-state index contributed by atoms with van der Waals surface area (Å²) in [7, 11) is 0. The molecule has 0 saturated carbocycles. The van der Waals surface area contributed by atoms with Gasteiger partial charge in [0.15, 0.2) is 22.5 Å². The molecular weight excluding hydrogens is 400 g/mol. The number of alkyl halides is 3. The number of benzene rings is 1. The average Bonchev–Trinajstić information content (AvgIpc) is 3.00. The van der Waals surface area contributed by atoms with Crippen LogP contribution in [0.15, 0.2) is 42.1 Å². The molecule has 0 aliphatic carbocycles. The van der Waals surface area contributed by atoms with E-state index in [4.69, 9.17) is 4.74 Å². The number of hydrogen-bond donors (Lipinski definition) is 1. The zero-order valence-electron chi connectivity index (χ0n) is 14.9. The Morgan fingerprint density at radius 1 is 1.39 bits per heavy atom. The van der Waals surface area contributed by atoms with Gasteiger partial charge in [0.1, 0.15) is 13.2 Å². The first-order valence-corrected chi connectivity index (χ1v) is 9.00. The smallest absolute Gasteiger partial charge is 0.405 e. The lowest BCUT2D eigenvalue weighted by molar-refractivity contribution is -0.137. The van der Waals surface area contributed by atoms with E-state index in [1.807, 2.05) is 5.32 Å². The van der Waals surface area contributed by atoms with Crippen molar-refractivity contribution < 1.29 is 27.1 Å². The van der Waals surface area contributed by atoms with Crippen LogP contribution in [-0.4, -0.2) is 38.6 Å². The molecule has 0 spiro atoms. The Labute approximate surface area is 163 Å². The minimum absolute atomic E-state index is 0.0461. The van der Waals surface area contributed by atoms with E-state index in [1.54, 1.807) is 16.7 Å². The fourth-order valence-electron chi connectivity index (χ4n) is 2.07. The van der Waals surface area contributed by atoms with Crippen molar-refractivity contribution in [3.05, 3.63) is 48.6 Å². The predicted octanol–water partition coefficient (Wildman–Crippen LogP) is 3.34. The third-order valence-electron chi connectivity index (χ3n) is 3.41. The van der Waals surface area contributed by atoms with Crippen molar-refractivity contribution in [3.63, 3.8) is 0 Å². The number of hydrogen-bond acceptors (Lipinski definition) is 5. The van der Waals surface area contributed by atoms with Crippen molar-refractivity contribution in [2.75, 3.05) is 6.54 Å². The van der Waals surface area contributed by atoms with Gasteiger partial charge >= 0.3 is 6.18 Å². The Balaban J connectivity index is 2.05. The largest absolute Gasteiger partial charge is 0.483 e. The van der Waals surface area contributed by atoms with E-state index in [-0.39, 0.29) is 18.9 Å². The first kappa shape index (κ1) is 21.7. The number of nitrogens with zero attached hydrogens (tertiary/aromatic N) is 3. The SMILES string of the molecule is C=CCn1c(COc2ccccc2F)nnc1SC(C)C(=O)NCC(F)(F)F. The normalized spacial score (nSPS) is 12.5. The highest BCUT2D eigenvalue weighted by Crippen LogP contribution is 2.24. The van der Waals surface area contributed by atoms with Gasteiger partial charge in [-0.2, -0.15) is 13.2 Å². The zero-order valence-corrected chi connectivity index (χ0v) is 15.7. The van der Waals surface area contributed by atoms with Crippen LogP contribution in [0.3, 0.4) is 0 Å². The third-order valence-corrected chi connectivity index (χ3v) is 4.49. The van der Waals surface area contributed by atoms with Crippen LogP contribution in [0.2, 0.25) is 0 Å². The molecule has 0 aliphatic heterocycles. The van der Waals surface area contributed by atoms with Gasteiger partial charge in [0.05, 0.1) is 5.25 Å². The summed E-state index contributed by atoms with van der Waals surface area (Å²) in [5, 5.41) is 9.21. The fraction of sp³-hybridized carbons (Fsp3) is 0.353. The molecule has 1 N–H and O–H groups in total. The second kappa shape index (κ2) is 9.58. The molecule has 1 amide bonds. The first-order chi connectivity index (χ1) is 13.2. The molecule has 6 nitrogen and oxygen atoms in total. The Bertz CT molecular complexity index is 826. The molecule has 0 fully saturated rings. The van der Waals surface area contributed by atoms with E-state index < -0.39 is 29.7 Å². The van der Waals surface area contributed by atoms with Gasteiger partial charge in [-0.1, -0.05) is 30.0 Å². The molecule has 1 heterocycles. The van der Waals surface area contributed by atoms with Gasteiger partial charge in [-0.15, -0.1) is 16.8 Å². The molecule has 1 unspecified atom stereocenters. The Morgan fingerprint density at radius 2 is 2.11 bits per heavy atom. The molecule has 0 bridgehead atoms. The Hall–Kier alpha value is -2.56. The molecule has 1 aromatic carbocycles. The number of halogens is 4. The van der Waals surface area contributed by atoms with Gasteiger partial charge in [-0.3, -0.25) is 9.36 Å². The summed E-state index contributed by atoms with van der Waals surface area (Å²) in [6.07, 6.45) is -2.92. The van der Waals surface area contributed by atoms with Crippen molar-refractivity contribution in [2.24, 2.45) is 0 Å². The number of para-hydroxylation sites is 1. The van der Waals surface area contributed by atoms with E-state index in [0.29, 0.717) is 11.0 Å².